The van der Waals surface area contributed by atoms with Crippen LogP contribution in [0, 0.1) is 5.92 Å². The van der Waals surface area contributed by atoms with E-state index < -0.39 is 11.2 Å². The average molecular weight is 409 g/mol. The summed E-state index contributed by atoms with van der Waals surface area (Å²) in [6, 6.07) is 8.96. The van der Waals surface area contributed by atoms with Crippen LogP contribution in [0.5, 0.6) is 0 Å². The van der Waals surface area contributed by atoms with Gasteiger partial charge in [-0.25, -0.2) is 4.79 Å². The Morgan fingerprint density at radius 1 is 1.23 bits per heavy atom. The van der Waals surface area contributed by atoms with Crippen molar-refractivity contribution < 1.29 is 4.79 Å². The second kappa shape index (κ2) is 8.94. The normalized spacial score (nSPS) is 11.2. The summed E-state index contributed by atoms with van der Waals surface area (Å²) >= 11 is 0. The zero-order chi connectivity index (χ0) is 21.8. The van der Waals surface area contributed by atoms with E-state index in [1.807, 2.05) is 45.0 Å². The van der Waals surface area contributed by atoms with Gasteiger partial charge in [0.15, 0.2) is 5.69 Å². The molecule has 2 heterocycles. The van der Waals surface area contributed by atoms with Crippen LogP contribution >= 0.6 is 0 Å². The Balaban J connectivity index is 2.19. The molecule has 3 aromatic rings. The van der Waals surface area contributed by atoms with Gasteiger partial charge in [-0.3, -0.25) is 24.1 Å². The number of aromatic nitrogens is 3. The van der Waals surface area contributed by atoms with Crippen molar-refractivity contribution in [2.75, 3.05) is 17.2 Å². The quantitative estimate of drug-likeness (QED) is 0.623. The summed E-state index contributed by atoms with van der Waals surface area (Å²) in [4.78, 5) is 46.7. The van der Waals surface area contributed by atoms with Gasteiger partial charge in [0.1, 0.15) is 5.82 Å². The number of pyridine rings is 1. The second-order valence-corrected chi connectivity index (χ2v) is 7.68. The van der Waals surface area contributed by atoms with Crippen LogP contribution in [0.15, 0.2) is 46.1 Å². The fraction of sp³-hybridized carbons (Fsp3) is 0.364. The van der Waals surface area contributed by atoms with Crippen LogP contribution in [-0.2, 0) is 6.54 Å². The number of unbranched alkanes of at least 4 members (excludes halogenated alkanes) is 1. The highest BCUT2D eigenvalue weighted by atomic mass is 16.2. The summed E-state index contributed by atoms with van der Waals surface area (Å²) in [5.41, 5.74) is 6.14. The maximum absolute atomic E-state index is 13.6. The zero-order valence-electron chi connectivity index (χ0n) is 17.5. The van der Waals surface area contributed by atoms with Gasteiger partial charge in [0.25, 0.3) is 11.5 Å². The number of carbonyl (C=O) groups is 1. The Bertz CT molecular complexity index is 1170. The van der Waals surface area contributed by atoms with Crippen molar-refractivity contribution in [2.24, 2.45) is 5.92 Å². The van der Waals surface area contributed by atoms with Crippen LogP contribution in [0.3, 0.4) is 0 Å². The predicted octanol–water partition coefficient (Wildman–Crippen LogP) is 2.77. The molecule has 0 bridgehead atoms. The number of nitrogen functional groups attached to an aromatic ring is 1. The molecule has 3 rings (SSSR count). The Morgan fingerprint density at radius 2 is 1.97 bits per heavy atom. The molecule has 0 atom stereocenters. The van der Waals surface area contributed by atoms with E-state index in [1.165, 1.54) is 9.47 Å². The molecule has 0 aliphatic carbocycles. The van der Waals surface area contributed by atoms with Crippen LogP contribution in [-0.4, -0.2) is 27.0 Å². The van der Waals surface area contributed by atoms with E-state index >= 15 is 0 Å². The highest BCUT2D eigenvalue weighted by molar-refractivity contribution is 6.14. The minimum absolute atomic E-state index is 0.00422. The number of nitrogens with one attached hydrogen (secondary N) is 1. The van der Waals surface area contributed by atoms with Crippen molar-refractivity contribution in [1.82, 2.24) is 14.5 Å². The van der Waals surface area contributed by atoms with Crippen molar-refractivity contribution >= 4 is 28.3 Å². The first kappa shape index (κ1) is 21.3. The molecule has 8 nitrogen and oxygen atoms in total. The Hall–Kier alpha value is -3.42. The molecule has 3 N–H and O–H groups in total. The number of benzene rings is 1. The number of hydrogen-bond donors (Lipinski definition) is 2. The number of nitrogens with zero attached hydrogens (tertiary/aromatic N) is 3. The van der Waals surface area contributed by atoms with E-state index in [4.69, 9.17) is 5.73 Å². The molecule has 0 fully saturated rings. The second-order valence-electron chi connectivity index (χ2n) is 7.68. The standard InChI is InChI=1S/C22H27N5O3/c1-4-5-12-26-19(23)18(20(28)25-22(26)30)27(13-14(2)3)21(29)16-10-11-24-17-9-7-6-8-15(16)17/h6-11,14H,4-5,12-13,23H2,1-3H3,(H,25,28,30). The lowest BCUT2D eigenvalue weighted by Crippen LogP contribution is -2.42. The summed E-state index contributed by atoms with van der Waals surface area (Å²) in [5.74, 6) is -0.290. The van der Waals surface area contributed by atoms with Crippen molar-refractivity contribution in [3.05, 3.63) is 62.9 Å². The molecule has 1 amide bonds. The number of nitrogens with two attached hydrogens (primary N) is 1. The molecule has 0 aliphatic heterocycles. The molecule has 0 unspecified atom stereocenters. The van der Waals surface area contributed by atoms with Crippen molar-refractivity contribution in [2.45, 2.75) is 40.2 Å². The number of para-hydroxylation sites is 1. The maximum Gasteiger partial charge on any atom is 0.330 e. The summed E-state index contributed by atoms with van der Waals surface area (Å²) in [6.07, 6.45) is 3.15. The van der Waals surface area contributed by atoms with Crippen LogP contribution in [0.4, 0.5) is 11.5 Å². The number of hydrogen-bond acceptors (Lipinski definition) is 5. The third-order valence-electron chi connectivity index (χ3n) is 4.89. The lowest BCUT2D eigenvalue weighted by atomic mass is 10.1. The van der Waals surface area contributed by atoms with Gasteiger partial charge in [-0.2, -0.15) is 0 Å². The minimum atomic E-state index is -0.669. The number of aromatic amines is 1. The predicted molar refractivity (Wildman–Crippen MR) is 119 cm³/mol. The Kier molecular flexibility index (Phi) is 6.34. The van der Waals surface area contributed by atoms with Gasteiger partial charge in [0.2, 0.25) is 0 Å². The number of anilines is 2. The monoisotopic (exact) mass is 409 g/mol. The molecular formula is C22H27N5O3. The van der Waals surface area contributed by atoms with Gasteiger partial charge < -0.3 is 10.6 Å². The number of fused-ring (bicyclic) bond motifs is 1. The van der Waals surface area contributed by atoms with E-state index in [-0.39, 0.29) is 29.9 Å². The van der Waals surface area contributed by atoms with Crippen molar-refractivity contribution in [1.29, 1.82) is 0 Å². The first-order valence-corrected chi connectivity index (χ1v) is 10.1. The smallest absolute Gasteiger partial charge is 0.330 e. The summed E-state index contributed by atoms with van der Waals surface area (Å²) < 4.78 is 1.32. The number of carbonyl (C=O) groups excluding carboxylic acids is 1. The fourth-order valence-corrected chi connectivity index (χ4v) is 3.45. The first-order chi connectivity index (χ1) is 14.3. The molecule has 158 valence electrons. The van der Waals surface area contributed by atoms with E-state index in [1.54, 1.807) is 12.3 Å². The fourth-order valence-electron chi connectivity index (χ4n) is 3.45. The molecule has 1 aromatic carbocycles. The molecule has 30 heavy (non-hydrogen) atoms. The summed E-state index contributed by atoms with van der Waals surface area (Å²) in [7, 11) is 0. The van der Waals surface area contributed by atoms with Crippen molar-refractivity contribution in [3.63, 3.8) is 0 Å². The number of H-pyrrole nitrogens is 1. The van der Waals surface area contributed by atoms with Gasteiger partial charge in [-0.15, -0.1) is 0 Å². The SMILES string of the molecule is CCCCn1c(N)c(N(CC(C)C)C(=O)c2ccnc3ccccc23)c(=O)[nH]c1=O. The highest BCUT2D eigenvalue weighted by Crippen LogP contribution is 2.24. The number of rotatable bonds is 7. The van der Waals surface area contributed by atoms with Gasteiger partial charge in [0, 0.05) is 24.7 Å². The largest absolute Gasteiger partial charge is 0.383 e. The van der Waals surface area contributed by atoms with Crippen LogP contribution in [0.2, 0.25) is 0 Å². The molecule has 8 heteroatoms. The third-order valence-corrected chi connectivity index (χ3v) is 4.89. The van der Waals surface area contributed by atoms with Crippen LogP contribution in [0.1, 0.15) is 44.0 Å². The van der Waals surface area contributed by atoms with E-state index in [2.05, 4.69) is 9.97 Å². The van der Waals surface area contributed by atoms with Gasteiger partial charge in [0.05, 0.1) is 11.1 Å². The van der Waals surface area contributed by atoms with Gasteiger partial charge in [-0.05, 0) is 24.5 Å². The van der Waals surface area contributed by atoms with E-state index in [9.17, 15) is 14.4 Å². The molecule has 0 radical (unpaired) electrons. The van der Waals surface area contributed by atoms with Gasteiger partial charge in [-0.1, -0.05) is 45.4 Å². The topological polar surface area (TPSA) is 114 Å². The Morgan fingerprint density at radius 3 is 2.67 bits per heavy atom. The lowest BCUT2D eigenvalue weighted by Gasteiger charge is -2.26. The highest BCUT2D eigenvalue weighted by Gasteiger charge is 2.27. The van der Waals surface area contributed by atoms with Crippen LogP contribution < -0.4 is 21.9 Å². The zero-order valence-corrected chi connectivity index (χ0v) is 17.5. The number of amides is 1. The first-order valence-electron chi connectivity index (χ1n) is 10.1. The average Bonchev–Trinajstić information content (AvgIpc) is 2.71. The molecule has 0 saturated heterocycles. The molecule has 0 aliphatic rings. The van der Waals surface area contributed by atoms with Crippen LogP contribution in [0.25, 0.3) is 10.9 Å². The summed E-state index contributed by atoms with van der Waals surface area (Å²) in [6.45, 7) is 6.53. The molecule has 0 saturated carbocycles. The third kappa shape index (κ3) is 4.12. The molecule has 2 aromatic heterocycles. The summed E-state index contributed by atoms with van der Waals surface area (Å²) in [5, 5.41) is 0.688. The molecular weight excluding hydrogens is 382 g/mol. The van der Waals surface area contributed by atoms with Gasteiger partial charge >= 0.3 is 5.69 Å². The lowest BCUT2D eigenvalue weighted by molar-refractivity contribution is 0.0985. The van der Waals surface area contributed by atoms with E-state index in [0.29, 0.717) is 23.0 Å². The van der Waals surface area contributed by atoms with Crippen molar-refractivity contribution in [3.8, 4) is 0 Å². The van der Waals surface area contributed by atoms with E-state index in [0.717, 1.165) is 12.8 Å². The minimum Gasteiger partial charge on any atom is -0.383 e. The Labute approximate surface area is 174 Å². The molecule has 0 spiro atoms. The maximum atomic E-state index is 13.6.